The lowest BCUT2D eigenvalue weighted by atomic mass is 9.90. The predicted octanol–water partition coefficient (Wildman–Crippen LogP) is 2.12. The van der Waals surface area contributed by atoms with E-state index in [0.717, 1.165) is 12.1 Å². The molecule has 0 aliphatic rings. The van der Waals surface area contributed by atoms with Gasteiger partial charge in [-0.2, -0.15) is 0 Å². The molecule has 24 heavy (non-hydrogen) atoms. The summed E-state index contributed by atoms with van der Waals surface area (Å²) in [5.41, 5.74) is 5.20. The molecule has 5 nitrogen and oxygen atoms in total. The van der Waals surface area contributed by atoms with Crippen LogP contribution in [0.3, 0.4) is 0 Å². The van der Waals surface area contributed by atoms with Crippen LogP contribution in [0.2, 0.25) is 0 Å². The van der Waals surface area contributed by atoms with E-state index in [4.69, 9.17) is 5.73 Å². The second-order valence-corrected chi connectivity index (χ2v) is 9.02. The molecule has 0 fully saturated rings. The van der Waals surface area contributed by atoms with Crippen LogP contribution in [0.5, 0.6) is 0 Å². The van der Waals surface area contributed by atoms with Crippen molar-refractivity contribution in [3.05, 3.63) is 30.1 Å². The third kappa shape index (κ3) is 5.87. The summed E-state index contributed by atoms with van der Waals surface area (Å²) in [6, 6.07) is 4.59. The molecule has 1 aromatic rings. The van der Waals surface area contributed by atoms with E-state index in [1.165, 1.54) is 12.1 Å². The smallest absolute Gasteiger partial charge is 0.224 e. The largest absolute Gasteiger partial charge is 0.349 e. The fraction of sp³-hybridized carbons (Fsp3) is 0.588. The Morgan fingerprint density at radius 2 is 1.79 bits per heavy atom. The number of rotatable bonds is 8. The molecule has 0 aromatic heterocycles. The van der Waals surface area contributed by atoms with E-state index in [0.29, 0.717) is 12.3 Å². The molecule has 1 rings (SSSR count). The second-order valence-electron chi connectivity index (χ2n) is 6.99. The number of nitrogens with one attached hydrogen (secondary N) is 1. The quantitative estimate of drug-likeness (QED) is 0.697. The second kappa shape index (κ2) is 8.07. The summed E-state index contributed by atoms with van der Waals surface area (Å²) in [6.07, 6.45) is 0.701. The molecule has 3 N–H and O–H groups in total. The first-order chi connectivity index (χ1) is 11.0. The summed E-state index contributed by atoms with van der Waals surface area (Å²) in [5.74, 6) is -1.59. The monoisotopic (exact) mass is 358 g/mol. The van der Waals surface area contributed by atoms with Gasteiger partial charge in [-0.05, 0) is 43.5 Å². The van der Waals surface area contributed by atoms with E-state index >= 15 is 0 Å². The average molecular weight is 358 g/mol. The van der Waals surface area contributed by atoms with Gasteiger partial charge in [0.25, 0.3) is 0 Å². The highest BCUT2D eigenvalue weighted by atomic mass is 32.2. The molecule has 1 aromatic carbocycles. The van der Waals surface area contributed by atoms with Crippen LogP contribution in [0.15, 0.2) is 29.2 Å². The van der Waals surface area contributed by atoms with E-state index < -0.39 is 27.1 Å². The summed E-state index contributed by atoms with van der Waals surface area (Å²) in [5, 5.41) is 2.87. The third-order valence-electron chi connectivity index (χ3n) is 3.82. The Morgan fingerprint density at radius 1 is 1.25 bits per heavy atom. The molecule has 0 aliphatic carbocycles. The number of sulfone groups is 1. The lowest BCUT2D eigenvalue weighted by molar-refractivity contribution is -0.125. The fourth-order valence-electron chi connectivity index (χ4n) is 2.65. The lowest BCUT2D eigenvalue weighted by Crippen LogP contribution is -2.54. The molecule has 0 bridgehead atoms. The van der Waals surface area contributed by atoms with Crippen LogP contribution in [0.4, 0.5) is 4.39 Å². The van der Waals surface area contributed by atoms with Gasteiger partial charge < -0.3 is 11.1 Å². The molecule has 136 valence electrons. The molecule has 0 saturated heterocycles. The predicted molar refractivity (Wildman–Crippen MR) is 92.7 cm³/mol. The van der Waals surface area contributed by atoms with Crippen molar-refractivity contribution in [2.75, 3.05) is 12.3 Å². The number of carbonyl (C=O) groups is 1. The Labute approximate surface area is 143 Å². The molecule has 1 amide bonds. The van der Waals surface area contributed by atoms with Gasteiger partial charge in [0, 0.05) is 18.0 Å². The Morgan fingerprint density at radius 3 is 2.25 bits per heavy atom. The number of benzene rings is 1. The molecule has 0 radical (unpaired) electrons. The van der Waals surface area contributed by atoms with Crippen LogP contribution in [0.1, 0.15) is 34.1 Å². The number of halogens is 1. The first-order valence-corrected chi connectivity index (χ1v) is 9.65. The Balaban J connectivity index is 2.80. The van der Waals surface area contributed by atoms with Crippen LogP contribution in [-0.2, 0) is 14.6 Å². The standard InChI is InChI=1S/C17H27FN2O3S/c1-12(2)9-17(4,11-19)20-16(21)13(3)10-24(22,23)15-7-5-14(18)6-8-15/h5-8,12-13H,9-11,19H2,1-4H3,(H,20,21). The van der Waals surface area contributed by atoms with Gasteiger partial charge in [0.05, 0.1) is 10.6 Å². The zero-order valence-electron chi connectivity index (χ0n) is 14.7. The van der Waals surface area contributed by atoms with E-state index in [9.17, 15) is 17.6 Å². The molecule has 0 spiro atoms. The van der Waals surface area contributed by atoms with Crippen LogP contribution >= 0.6 is 0 Å². The highest BCUT2D eigenvalue weighted by molar-refractivity contribution is 7.91. The molecular weight excluding hydrogens is 331 g/mol. The minimum atomic E-state index is -3.67. The van der Waals surface area contributed by atoms with Crippen LogP contribution < -0.4 is 11.1 Å². The van der Waals surface area contributed by atoms with Gasteiger partial charge in [0.15, 0.2) is 9.84 Å². The molecule has 2 unspecified atom stereocenters. The van der Waals surface area contributed by atoms with E-state index in [-0.39, 0.29) is 23.1 Å². The molecule has 7 heteroatoms. The van der Waals surface area contributed by atoms with E-state index in [1.54, 1.807) is 6.92 Å². The summed E-state index contributed by atoms with van der Waals surface area (Å²) in [4.78, 5) is 12.4. The van der Waals surface area contributed by atoms with Gasteiger partial charge in [0.1, 0.15) is 5.82 Å². The number of hydrogen-bond acceptors (Lipinski definition) is 4. The van der Waals surface area contributed by atoms with Crippen molar-refractivity contribution in [2.45, 2.75) is 44.6 Å². The molecule has 2 atom stereocenters. The van der Waals surface area contributed by atoms with Crippen molar-refractivity contribution in [1.29, 1.82) is 0 Å². The molecular formula is C17H27FN2O3S. The maximum Gasteiger partial charge on any atom is 0.224 e. The first kappa shape index (κ1) is 20.6. The summed E-state index contributed by atoms with van der Waals surface area (Å²) in [6.45, 7) is 7.74. The SMILES string of the molecule is CC(C)CC(C)(CN)NC(=O)C(C)CS(=O)(=O)c1ccc(F)cc1. The van der Waals surface area contributed by atoms with Gasteiger partial charge in [0.2, 0.25) is 5.91 Å². The Kier molecular flexibility index (Phi) is 6.92. The van der Waals surface area contributed by atoms with Gasteiger partial charge in [-0.3, -0.25) is 4.79 Å². The topological polar surface area (TPSA) is 89.3 Å². The van der Waals surface area contributed by atoms with Gasteiger partial charge in [-0.25, -0.2) is 12.8 Å². The summed E-state index contributed by atoms with van der Waals surface area (Å²) in [7, 11) is -3.67. The highest BCUT2D eigenvalue weighted by Crippen LogP contribution is 2.18. The molecule has 0 aliphatic heterocycles. The van der Waals surface area contributed by atoms with Crippen molar-refractivity contribution < 1.29 is 17.6 Å². The van der Waals surface area contributed by atoms with Crippen LogP contribution in [0.25, 0.3) is 0 Å². The van der Waals surface area contributed by atoms with Crippen LogP contribution in [-0.4, -0.2) is 32.2 Å². The number of nitrogens with two attached hydrogens (primary N) is 1. The fourth-order valence-corrected chi connectivity index (χ4v) is 4.20. The molecule has 0 saturated carbocycles. The van der Waals surface area contributed by atoms with Crippen LogP contribution in [0, 0.1) is 17.7 Å². The van der Waals surface area contributed by atoms with Gasteiger partial charge in [-0.15, -0.1) is 0 Å². The van der Waals surface area contributed by atoms with Gasteiger partial charge in [-0.1, -0.05) is 20.8 Å². The average Bonchev–Trinajstić information content (AvgIpc) is 2.46. The first-order valence-electron chi connectivity index (χ1n) is 7.99. The van der Waals surface area contributed by atoms with E-state index in [1.807, 2.05) is 20.8 Å². The maximum atomic E-state index is 12.9. The number of amides is 1. The van der Waals surface area contributed by atoms with Crippen molar-refractivity contribution in [2.24, 2.45) is 17.6 Å². The lowest BCUT2D eigenvalue weighted by Gasteiger charge is -2.32. The van der Waals surface area contributed by atoms with Gasteiger partial charge >= 0.3 is 0 Å². The normalized spacial score (nSPS) is 15.8. The highest BCUT2D eigenvalue weighted by Gasteiger charge is 2.30. The van der Waals surface area contributed by atoms with E-state index in [2.05, 4.69) is 5.32 Å². The zero-order valence-corrected chi connectivity index (χ0v) is 15.5. The van der Waals surface area contributed by atoms with Crippen molar-refractivity contribution in [3.8, 4) is 0 Å². The minimum absolute atomic E-state index is 0.00678. The maximum absolute atomic E-state index is 12.9. The number of hydrogen-bond donors (Lipinski definition) is 2. The van der Waals surface area contributed by atoms with Crippen molar-refractivity contribution in [1.82, 2.24) is 5.32 Å². The van der Waals surface area contributed by atoms with Crippen molar-refractivity contribution >= 4 is 15.7 Å². The Hall–Kier alpha value is -1.47. The minimum Gasteiger partial charge on any atom is -0.349 e. The molecule has 0 heterocycles. The Bertz CT molecular complexity index is 659. The third-order valence-corrected chi connectivity index (χ3v) is 5.75. The summed E-state index contributed by atoms with van der Waals surface area (Å²) < 4.78 is 37.6. The zero-order chi connectivity index (χ0) is 18.5. The number of carbonyl (C=O) groups excluding carboxylic acids is 1. The summed E-state index contributed by atoms with van der Waals surface area (Å²) >= 11 is 0. The van der Waals surface area contributed by atoms with Crippen molar-refractivity contribution in [3.63, 3.8) is 0 Å².